The Morgan fingerprint density at radius 2 is 1.74 bits per heavy atom. The van der Waals surface area contributed by atoms with Crippen LogP contribution in [0, 0.1) is 40.4 Å². The molecule has 0 unspecified atom stereocenters. The Kier molecular flexibility index (Phi) is 6.38. The molecule has 5 rings (SSSR count). The summed E-state index contributed by atoms with van der Waals surface area (Å²) < 4.78 is 10.9. The summed E-state index contributed by atoms with van der Waals surface area (Å²) in [5.41, 5.74) is 0.735. The molecule has 1 N–H and O–H groups in total. The molecule has 188 valence electrons. The third-order valence-corrected chi connectivity index (χ3v) is 11.1. The smallest absolute Gasteiger partial charge is 0.166 e. The van der Waals surface area contributed by atoms with Crippen LogP contribution < -0.4 is 4.74 Å². The summed E-state index contributed by atoms with van der Waals surface area (Å²) in [7, 11) is 3.49. The van der Waals surface area contributed by atoms with Gasteiger partial charge in [0.1, 0.15) is 5.75 Å². The van der Waals surface area contributed by atoms with Gasteiger partial charge in [0.2, 0.25) is 0 Å². The molecule has 0 spiro atoms. The molecule has 0 amide bonds. The van der Waals surface area contributed by atoms with E-state index in [1.165, 1.54) is 25.7 Å². The van der Waals surface area contributed by atoms with E-state index in [2.05, 4.69) is 6.92 Å². The molecule has 0 radical (unpaired) electrons. The van der Waals surface area contributed by atoms with E-state index in [1.807, 2.05) is 38.3 Å². The Bertz CT molecular complexity index is 892. The molecular formula is C30H44O4. The van der Waals surface area contributed by atoms with E-state index < -0.39 is 5.60 Å². The number of benzene rings is 1. The normalized spacial score (nSPS) is 43.5. The number of ether oxygens (including phenoxy) is 2. The van der Waals surface area contributed by atoms with Crippen molar-refractivity contribution in [1.29, 1.82) is 0 Å². The molecule has 34 heavy (non-hydrogen) atoms. The van der Waals surface area contributed by atoms with Crippen LogP contribution in [-0.2, 0) is 4.74 Å². The molecule has 0 heterocycles. The zero-order valence-electron chi connectivity index (χ0n) is 21.6. The van der Waals surface area contributed by atoms with Gasteiger partial charge in [-0.1, -0.05) is 6.92 Å². The number of fused-ring (bicyclic) bond motifs is 5. The van der Waals surface area contributed by atoms with Gasteiger partial charge in [0.05, 0.1) is 12.7 Å². The third-order valence-electron chi connectivity index (χ3n) is 11.1. The maximum absolute atomic E-state index is 13.7. The fourth-order valence-electron chi connectivity index (χ4n) is 9.41. The van der Waals surface area contributed by atoms with E-state index in [0.717, 1.165) is 56.4 Å². The van der Waals surface area contributed by atoms with Crippen LogP contribution in [0.1, 0.15) is 88.4 Å². The summed E-state index contributed by atoms with van der Waals surface area (Å²) in [5.74, 6) is 3.94. The fourth-order valence-corrected chi connectivity index (χ4v) is 9.41. The number of hydrogen-bond acceptors (Lipinski definition) is 4. The second kappa shape index (κ2) is 8.92. The van der Waals surface area contributed by atoms with Gasteiger partial charge in [0.15, 0.2) is 5.78 Å². The van der Waals surface area contributed by atoms with Gasteiger partial charge in [-0.05, 0) is 130 Å². The van der Waals surface area contributed by atoms with Gasteiger partial charge in [-0.15, -0.1) is 0 Å². The summed E-state index contributed by atoms with van der Waals surface area (Å²) in [5, 5.41) is 10.9. The SMILES string of the molecule is COCC[C@]12CC[C@@](C)(O)C[C@@H]1CC[C@H]1[C@@H]3CC[C@H](C(=O)c4ccc(OC)cc4)[C@@]3(C)CC[C@@H]12. The predicted molar refractivity (Wildman–Crippen MR) is 134 cm³/mol. The average molecular weight is 469 g/mol. The monoisotopic (exact) mass is 468 g/mol. The first-order valence-electron chi connectivity index (χ1n) is 13.6. The lowest BCUT2D eigenvalue weighted by atomic mass is 9.42. The van der Waals surface area contributed by atoms with Crippen molar-refractivity contribution in [3.8, 4) is 5.75 Å². The molecule has 4 heteroatoms. The van der Waals surface area contributed by atoms with Gasteiger partial charge in [-0.25, -0.2) is 0 Å². The molecule has 0 aromatic heterocycles. The van der Waals surface area contributed by atoms with Crippen LogP contribution in [0.25, 0.3) is 0 Å². The second-order valence-corrected chi connectivity index (χ2v) is 12.6. The molecule has 4 aliphatic rings. The zero-order valence-corrected chi connectivity index (χ0v) is 21.6. The van der Waals surface area contributed by atoms with Gasteiger partial charge in [0.25, 0.3) is 0 Å². The Labute approximate surface area is 205 Å². The number of rotatable bonds is 6. The Morgan fingerprint density at radius 1 is 0.971 bits per heavy atom. The van der Waals surface area contributed by atoms with Crippen molar-refractivity contribution >= 4 is 5.78 Å². The predicted octanol–water partition coefficient (Wildman–Crippen LogP) is 6.30. The molecule has 1 aromatic carbocycles. The van der Waals surface area contributed by atoms with Gasteiger partial charge >= 0.3 is 0 Å². The minimum absolute atomic E-state index is 0.105. The number of ketones is 1. The van der Waals surface area contributed by atoms with E-state index in [4.69, 9.17) is 9.47 Å². The van der Waals surface area contributed by atoms with Gasteiger partial charge in [0, 0.05) is 25.2 Å². The highest BCUT2D eigenvalue weighted by Gasteiger charge is 2.62. The van der Waals surface area contributed by atoms with Crippen molar-refractivity contribution in [3.05, 3.63) is 29.8 Å². The minimum atomic E-state index is -0.513. The minimum Gasteiger partial charge on any atom is -0.497 e. The lowest BCUT2D eigenvalue weighted by molar-refractivity contribution is -0.160. The van der Waals surface area contributed by atoms with Gasteiger partial charge in [-0.3, -0.25) is 4.79 Å². The lowest BCUT2D eigenvalue weighted by Crippen LogP contribution is -2.57. The van der Waals surface area contributed by atoms with Crippen LogP contribution in [0.5, 0.6) is 5.75 Å². The molecular weight excluding hydrogens is 424 g/mol. The topological polar surface area (TPSA) is 55.8 Å². The summed E-state index contributed by atoms with van der Waals surface area (Å²) in [6, 6.07) is 7.72. The van der Waals surface area contributed by atoms with Crippen LogP contribution in [0.4, 0.5) is 0 Å². The molecule has 0 bridgehead atoms. The maximum Gasteiger partial charge on any atom is 0.166 e. The highest BCUT2D eigenvalue weighted by Crippen LogP contribution is 2.69. The van der Waals surface area contributed by atoms with E-state index in [9.17, 15) is 9.90 Å². The maximum atomic E-state index is 13.7. The van der Waals surface area contributed by atoms with Crippen molar-refractivity contribution in [2.75, 3.05) is 20.8 Å². The van der Waals surface area contributed by atoms with Gasteiger partial charge < -0.3 is 14.6 Å². The van der Waals surface area contributed by atoms with Crippen LogP contribution >= 0.6 is 0 Å². The number of Topliss-reactive ketones (excluding diaryl/α,β-unsaturated/α-hetero) is 1. The van der Waals surface area contributed by atoms with E-state index >= 15 is 0 Å². The highest BCUT2D eigenvalue weighted by atomic mass is 16.5. The van der Waals surface area contributed by atoms with Crippen molar-refractivity contribution in [1.82, 2.24) is 0 Å². The molecule has 1 aromatic rings. The van der Waals surface area contributed by atoms with Crippen LogP contribution in [0.3, 0.4) is 0 Å². The standard InChI is InChI=1S/C30H44O4/c1-28(32)15-16-30(17-18-33-3)21(19-28)7-10-23-24-11-12-26(29(24,2)14-13-25(23)30)27(31)20-5-8-22(34-4)9-6-20/h5-6,8-9,21,23-26,32H,7,10-19H2,1-4H3/t21-,23-,24-,25-,26+,28+,29-,30+/m0/s1. The fraction of sp³-hybridized carbons (Fsp3) is 0.767. The number of hydrogen-bond donors (Lipinski definition) is 1. The lowest BCUT2D eigenvalue weighted by Gasteiger charge is -2.63. The summed E-state index contributed by atoms with van der Waals surface area (Å²) in [6.07, 6.45) is 11.2. The first-order chi connectivity index (χ1) is 16.2. The van der Waals surface area contributed by atoms with Crippen LogP contribution in [0.15, 0.2) is 24.3 Å². The molecule has 4 fully saturated rings. The largest absolute Gasteiger partial charge is 0.497 e. The Balaban J connectivity index is 1.40. The highest BCUT2D eigenvalue weighted by molar-refractivity contribution is 5.98. The number of aliphatic hydroxyl groups is 1. The van der Waals surface area contributed by atoms with Crippen molar-refractivity contribution in [2.24, 2.45) is 40.4 Å². The number of carbonyl (C=O) groups is 1. The van der Waals surface area contributed by atoms with E-state index in [-0.39, 0.29) is 11.3 Å². The third kappa shape index (κ3) is 3.84. The molecule has 4 saturated carbocycles. The summed E-state index contributed by atoms with van der Waals surface area (Å²) in [4.78, 5) is 13.7. The first kappa shape index (κ1) is 24.3. The molecule has 8 atom stereocenters. The molecule has 0 saturated heterocycles. The molecule has 4 aliphatic carbocycles. The Morgan fingerprint density at radius 3 is 2.44 bits per heavy atom. The number of carbonyl (C=O) groups excluding carboxylic acids is 1. The summed E-state index contributed by atoms with van der Waals surface area (Å²) >= 11 is 0. The molecule has 4 nitrogen and oxygen atoms in total. The van der Waals surface area contributed by atoms with Crippen LogP contribution in [0.2, 0.25) is 0 Å². The van der Waals surface area contributed by atoms with Crippen LogP contribution in [-0.4, -0.2) is 37.3 Å². The second-order valence-electron chi connectivity index (χ2n) is 12.6. The van der Waals surface area contributed by atoms with Crippen molar-refractivity contribution < 1.29 is 19.4 Å². The van der Waals surface area contributed by atoms with E-state index in [1.54, 1.807) is 7.11 Å². The first-order valence-corrected chi connectivity index (χ1v) is 13.6. The van der Waals surface area contributed by atoms with Crippen molar-refractivity contribution in [3.63, 3.8) is 0 Å². The van der Waals surface area contributed by atoms with Crippen molar-refractivity contribution in [2.45, 2.75) is 83.7 Å². The van der Waals surface area contributed by atoms with Gasteiger partial charge in [-0.2, -0.15) is 0 Å². The molecule has 0 aliphatic heterocycles. The number of methoxy groups -OCH3 is 2. The zero-order chi connectivity index (χ0) is 24.1. The Hall–Kier alpha value is -1.39. The average Bonchev–Trinajstić information content (AvgIpc) is 3.19. The quantitative estimate of drug-likeness (QED) is 0.498. The summed E-state index contributed by atoms with van der Waals surface area (Å²) in [6.45, 7) is 5.30. The van der Waals surface area contributed by atoms with E-state index in [0.29, 0.717) is 34.9 Å².